The molecule has 1 atom stereocenters. The minimum absolute atomic E-state index is 0.0672. The number of fused-ring (bicyclic) bond motifs is 2. The molecule has 4 rings (SSSR count). The lowest BCUT2D eigenvalue weighted by Crippen LogP contribution is -2.54. The predicted molar refractivity (Wildman–Crippen MR) is 112 cm³/mol. The van der Waals surface area contributed by atoms with Crippen molar-refractivity contribution < 1.29 is 9.90 Å². The van der Waals surface area contributed by atoms with Crippen molar-refractivity contribution in [2.45, 2.75) is 33.3 Å². The Balaban J connectivity index is 1.74. The first-order valence-electron chi connectivity index (χ1n) is 9.02. The van der Waals surface area contributed by atoms with Gasteiger partial charge < -0.3 is 14.6 Å². The van der Waals surface area contributed by atoms with E-state index in [0.29, 0.717) is 28.6 Å². The SMILES string of the molecule is CC#CCn1c(Br)nc2c1C(=O)N(Cc1nc(C)c3ccccc3n1)C(O)N2C. The highest BCUT2D eigenvalue weighted by molar-refractivity contribution is 9.10. The molecule has 3 heterocycles. The summed E-state index contributed by atoms with van der Waals surface area (Å²) in [6.07, 6.45) is -1.18. The molecule has 1 aliphatic rings. The van der Waals surface area contributed by atoms with Crippen molar-refractivity contribution in [1.82, 2.24) is 24.4 Å². The summed E-state index contributed by atoms with van der Waals surface area (Å²) < 4.78 is 2.17. The molecule has 1 aromatic carbocycles. The number of carbonyl (C=O) groups is 1. The van der Waals surface area contributed by atoms with Crippen LogP contribution in [0, 0.1) is 18.8 Å². The molecular formula is C20H19BrN6O2. The lowest BCUT2D eigenvalue weighted by molar-refractivity contribution is -0.00184. The van der Waals surface area contributed by atoms with Crippen LogP contribution in [0.1, 0.15) is 28.9 Å². The van der Waals surface area contributed by atoms with Crippen molar-refractivity contribution in [3.05, 3.63) is 46.2 Å². The number of aliphatic hydroxyl groups is 1. The van der Waals surface area contributed by atoms with Crippen LogP contribution in [0.4, 0.5) is 5.82 Å². The van der Waals surface area contributed by atoms with Gasteiger partial charge in [0.1, 0.15) is 5.82 Å². The van der Waals surface area contributed by atoms with Crippen LogP contribution in [-0.4, -0.2) is 48.8 Å². The highest BCUT2D eigenvalue weighted by Crippen LogP contribution is 2.32. The summed E-state index contributed by atoms with van der Waals surface area (Å²) in [4.78, 5) is 29.6. The molecule has 9 heteroatoms. The fraction of sp³-hybridized carbons (Fsp3) is 0.300. The van der Waals surface area contributed by atoms with Gasteiger partial charge in [0.2, 0.25) is 6.35 Å². The summed E-state index contributed by atoms with van der Waals surface area (Å²) in [6, 6.07) is 7.71. The molecule has 0 saturated carbocycles. The van der Waals surface area contributed by atoms with Gasteiger partial charge in [-0.15, -0.1) is 5.92 Å². The number of aliphatic hydroxyl groups excluding tert-OH is 1. The predicted octanol–water partition coefficient (Wildman–Crippen LogP) is 2.29. The molecule has 1 amide bonds. The fourth-order valence-electron chi connectivity index (χ4n) is 3.40. The van der Waals surface area contributed by atoms with E-state index in [1.165, 1.54) is 4.90 Å². The molecule has 0 saturated heterocycles. The van der Waals surface area contributed by atoms with Gasteiger partial charge in [0.05, 0.1) is 18.6 Å². The van der Waals surface area contributed by atoms with Crippen molar-refractivity contribution >= 4 is 38.6 Å². The van der Waals surface area contributed by atoms with Crippen molar-refractivity contribution in [2.75, 3.05) is 11.9 Å². The van der Waals surface area contributed by atoms with Crippen LogP contribution >= 0.6 is 15.9 Å². The quantitative estimate of drug-likeness (QED) is 0.610. The molecule has 1 aliphatic heterocycles. The van der Waals surface area contributed by atoms with Gasteiger partial charge in [-0.25, -0.2) is 15.0 Å². The van der Waals surface area contributed by atoms with Crippen LogP contribution in [0.2, 0.25) is 0 Å². The number of anilines is 1. The number of rotatable bonds is 3. The number of hydrogen-bond acceptors (Lipinski definition) is 6. The second-order valence-electron chi connectivity index (χ2n) is 6.70. The molecular weight excluding hydrogens is 436 g/mol. The summed E-state index contributed by atoms with van der Waals surface area (Å²) in [5, 5.41) is 11.7. The summed E-state index contributed by atoms with van der Waals surface area (Å²) in [5.41, 5.74) is 1.99. The number of halogens is 1. The Morgan fingerprint density at radius 2 is 2.00 bits per heavy atom. The molecule has 29 heavy (non-hydrogen) atoms. The smallest absolute Gasteiger partial charge is 0.278 e. The summed E-state index contributed by atoms with van der Waals surface area (Å²) in [5.74, 6) is 6.28. The van der Waals surface area contributed by atoms with E-state index in [1.807, 2.05) is 31.2 Å². The first-order valence-corrected chi connectivity index (χ1v) is 9.81. The van der Waals surface area contributed by atoms with Gasteiger partial charge in [-0.3, -0.25) is 9.69 Å². The Bertz CT molecular complexity index is 1180. The Hall–Kier alpha value is -2.96. The highest BCUT2D eigenvalue weighted by Gasteiger charge is 2.39. The maximum absolute atomic E-state index is 13.3. The number of aromatic nitrogens is 4. The third kappa shape index (κ3) is 3.24. The average Bonchev–Trinajstić information content (AvgIpc) is 3.04. The van der Waals surface area contributed by atoms with Gasteiger partial charge in [0.15, 0.2) is 16.2 Å². The zero-order valence-corrected chi connectivity index (χ0v) is 17.8. The zero-order chi connectivity index (χ0) is 20.7. The van der Waals surface area contributed by atoms with Gasteiger partial charge in [-0.1, -0.05) is 24.1 Å². The maximum atomic E-state index is 13.3. The van der Waals surface area contributed by atoms with Gasteiger partial charge in [-0.05, 0) is 35.8 Å². The number of para-hydroxylation sites is 1. The Kier molecular flexibility index (Phi) is 4.98. The largest absolute Gasteiger partial charge is 0.356 e. The number of benzene rings is 1. The summed E-state index contributed by atoms with van der Waals surface area (Å²) >= 11 is 3.39. The number of amides is 1. The van der Waals surface area contributed by atoms with Crippen molar-refractivity contribution in [3.63, 3.8) is 0 Å². The van der Waals surface area contributed by atoms with Crippen molar-refractivity contribution in [3.8, 4) is 11.8 Å². The molecule has 1 unspecified atom stereocenters. The molecule has 8 nitrogen and oxygen atoms in total. The molecule has 0 radical (unpaired) electrons. The molecule has 0 aliphatic carbocycles. The summed E-state index contributed by atoms with van der Waals surface area (Å²) in [7, 11) is 1.69. The molecule has 3 aromatic rings. The Labute approximate surface area is 176 Å². The van der Waals surface area contributed by atoms with Crippen LogP contribution in [0.15, 0.2) is 29.0 Å². The lowest BCUT2D eigenvalue weighted by Gasteiger charge is -2.38. The topological polar surface area (TPSA) is 87.4 Å². The van der Waals surface area contributed by atoms with E-state index in [-0.39, 0.29) is 12.5 Å². The first-order chi connectivity index (χ1) is 13.9. The van der Waals surface area contributed by atoms with E-state index >= 15 is 0 Å². The second-order valence-corrected chi connectivity index (χ2v) is 7.41. The van der Waals surface area contributed by atoms with E-state index in [4.69, 9.17) is 0 Å². The fourth-order valence-corrected chi connectivity index (χ4v) is 3.87. The molecule has 0 fully saturated rings. The van der Waals surface area contributed by atoms with Crippen molar-refractivity contribution in [2.24, 2.45) is 0 Å². The average molecular weight is 455 g/mol. The standard InChI is InChI=1S/C20H19BrN6O2/c1-4-5-10-26-16-17(24-19(26)21)25(3)20(29)27(18(16)28)11-15-22-12(2)13-8-6-7-9-14(13)23-15/h6-9,20,29H,10-11H2,1-3H3. The van der Waals surface area contributed by atoms with Crippen molar-refractivity contribution in [1.29, 1.82) is 0 Å². The summed E-state index contributed by atoms with van der Waals surface area (Å²) in [6.45, 7) is 4.02. The molecule has 148 valence electrons. The van der Waals surface area contributed by atoms with Crippen LogP contribution < -0.4 is 4.90 Å². The zero-order valence-electron chi connectivity index (χ0n) is 16.2. The van der Waals surface area contributed by atoms with Gasteiger partial charge >= 0.3 is 0 Å². The monoisotopic (exact) mass is 454 g/mol. The lowest BCUT2D eigenvalue weighted by atomic mass is 10.2. The first kappa shape index (κ1) is 19.4. The second kappa shape index (κ2) is 7.46. The number of hydrogen-bond donors (Lipinski definition) is 1. The van der Waals surface area contributed by atoms with Crippen LogP contribution in [0.5, 0.6) is 0 Å². The number of imidazole rings is 1. The van der Waals surface area contributed by atoms with E-state index in [2.05, 4.69) is 42.7 Å². The van der Waals surface area contributed by atoms with Crippen LogP contribution in [0.25, 0.3) is 10.9 Å². The Morgan fingerprint density at radius 3 is 2.76 bits per heavy atom. The van der Waals surface area contributed by atoms with Gasteiger partial charge in [0, 0.05) is 18.1 Å². The Morgan fingerprint density at radius 1 is 1.24 bits per heavy atom. The number of nitrogens with zero attached hydrogens (tertiary/aromatic N) is 6. The number of carbonyl (C=O) groups excluding carboxylic acids is 1. The van der Waals surface area contributed by atoms with Crippen LogP contribution in [0.3, 0.4) is 0 Å². The van der Waals surface area contributed by atoms with E-state index < -0.39 is 6.35 Å². The van der Waals surface area contributed by atoms with Gasteiger partial charge in [0.25, 0.3) is 5.91 Å². The maximum Gasteiger partial charge on any atom is 0.278 e. The third-order valence-electron chi connectivity index (χ3n) is 4.89. The normalized spacial score (nSPS) is 16.0. The van der Waals surface area contributed by atoms with Crippen LogP contribution in [-0.2, 0) is 13.1 Å². The third-order valence-corrected chi connectivity index (χ3v) is 5.50. The van der Waals surface area contributed by atoms with E-state index in [9.17, 15) is 9.90 Å². The highest BCUT2D eigenvalue weighted by atomic mass is 79.9. The molecule has 0 bridgehead atoms. The number of aryl methyl sites for hydroxylation is 1. The minimum Gasteiger partial charge on any atom is -0.356 e. The molecule has 1 N–H and O–H groups in total. The van der Waals surface area contributed by atoms with E-state index in [1.54, 1.807) is 23.4 Å². The molecule has 0 spiro atoms. The van der Waals surface area contributed by atoms with E-state index in [0.717, 1.165) is 16.6 Å². The molecule has 2 aromatic heterocycles. The van der Waals surface area contributed by atoms with Gasteiger partial charge in [-0.2, -0.15) is 0 Å². The minimum atomic E-state index is -1.18.